The van der Waals surface area contributed by atoms with Crippen molar-refractivity contribution in [1.29, 1.82) is 0 Å². The van der Waals surface area contributed by atoms with E-state index in [4.69, 9.17) is 4.74 Å². The lowest BCUT2D eigenvalue weighted by Gasteiger charge is -2.22. The first-order valence-electron chi connectivity index (χ1n) is 6.09. The topological polar surface area (TPSA) is 45.6 Å². The predicted octanol–water partition coefficient (Wildman–Crippen LogP) is 0.884. The van der Waals surface area contributed by atoms with Crippen molar-refractivity contribution in [2.75, 3.05) is 26.2 Å². The molecule has 2 aliphatic rings. The monoisotopic (exact) mass is 211 g/mol. The molecule has 86 valence electrons. The van der Waals surface area contributed by atoms with Gasteiger partial charge in [0.1, 0.15) is 0 Å². The normalized spacial score (nSPS) is 22.3. The van der Waals surface area contributed by atoms with E-state index in [1.165, 1.54) is 32.1 Å². The van der Waals surface area contributed by atoms with Gasteiger partial charge in [0.05, 0.1) is 19.3 Å². The van der Waals surface area contributed by atoms with Gasteiger partial charge in [-0.15, -0.1) is 0 Å². The molecular formula is C11H21N3O. The molecule has 0 saturated heterocycles. The van der Waals surface area contributed by atoms with Crippen LogP contribution < -0.4 is 10.6 Å². The van der Waals surface area contributed by atoms with E-state index in [2.05, 4.69) is 15.6 Å². The summed E-state index contributed by atoms with van der Waals surface area (Å²) in [5, 5.41) is 6.41. The Hall–Kier alpha value is -0.770. The van der Waals surface area contributed by atoms with Gasteiger partial charge >= 0.3 is 0 Å². The number of aliphatic imine (C=N–C) groups is 1. The molecule has 0 aromatic rings. The largest absolute Gasteiger partial charge is 0.376 e. The van der Waals surface area contributed by atoms with Gasteiger partial charge in [-0.3, -0.25) is 4.99 Å². The summed E-state index contributed by atoms with van der Waals surface area (Å²) in [5.41, 5.74) is 0. The van der Waals surface area contributed by atoms with E-state index in [0.717, 1.165) is 32.2 Å². The number of guanidine groups is 1. The van der Waals surface area contributed by atoms with Crippen LogP contribution in [0.5, 0.6) is 0 Å². The van der Waals surface area contributed by atoms with Crippen molar-refractivity contribution in [2.24, 2.45) is 4.99 Å². The number of nitrogens with one attached hydrogen (secondary N) is 2. The van der Waals surface area contributed by atoms with Gasteiger partial charge in [0.25, 0.3) is 0 Å². The van der Waals surface area contributed by atoms with Crippen LogP contribution in [0.1, 0.15) is 32.1 Å². The molecule has 1 fully saturated rings. The number of rotatable bonds is 4. The summed E-state index contributed by atoms with van der Waals surface area (Å²) >= 11 is 0. The van der Waals surface area contributed by atoms with Crippen molar-refractivity contribution in [3.8, 4) is 0 Å². The fourth-order valence-electron chi connectivity index (χ4n) is 2.14. The molecule has 0 spiro atoms. The van der Waals surface area contributed by atoms with E-state index in [9.17, 15) is 0 Å². The number of hydrogen-bond acceptors (Lipinski definition) is 4. The van der Waals surface area contributed by atoms with Crippen molar-refractivity contribution < 1.29 is 4.74 Å². The first kappa shape index (κ1) is 10.7. The second kappa shape index (κ2) is 5.95. The molecule has 0 radical (unpaired) electrons. The molecule has 0 aromatic heterocycles. The Morgan fingerprint density at radius 2 is 2.20 bits per heavy atom. The first-order chi connectivity index (χ1) is 7.45. The van der Waals surface area contributed by atoms with E-state index < -0.39 is 0 Å². The minimum Gasteiger partial charge on any atom is -0.376 e. The van der Waals surface area contributed by atoms with Gasteiger partial charge in [-0.05, 0) is 12.8 Å². The third-order valence-electron chi connectivity index (χ3n) is 2.97. The maximum atomic E-state index is 5.80. The molecule has 0 amide bonds. The summed E-state index contributed by atoms with van der Waals surface area (Å²) in [6.45, 7) is 3.52. The average molecular weight is 211 g/mol. The third-order valence-corrected chi connectivity index (χ3v) is 2.97. The average Bonchev–Trinajstić information content (AvgIpc) is 2.79. The predicted molar refractivity (Wildman–Crippen MR) is 61.1 cm³/mol. The van der Waals surface area contributed by atoms with E-state index in [0.29, 0.717) is 6.10 Å². The maximum Gasteiger partial charge on any atom is 0.191 e. The lowest BCUT2D eigenvalue weighted by molar-refractivity contribution is 0.0318. The molecule has 15 heavy (non-hydrogen) atoms. The van der Waals surface area contributed by atoms with Crippen LogP contribution in [0, 0.1) is 0 Å². The molecule has 0 bridgehead atoms. The smallest absolute Gasteiger partial charge is 0.191 e. The Morgan fingerprint density at radius 3 is 2.93 bits per heavy atom. The Balaban J connectivity index is 1.50. The standard InChI is InChI=1S/C11H21N3O/c1-2-4-10(5-3-1)15-9-8-14-11-12-6-7-13-11/h10H,1-9H2,(H2,12,13,14). The molecule has 0 unspecified atom stereocenters. The Labute approximate surface area is 91.5 Å². The molecule has 1 saturated carbocycles. The van der Waals surface area contributed by atoms with Crippen LogP contribution in [0.15, 0.2) is 4.99 Å². The van der Waals surface area contributed by atoms with Crippen LogP contribution in [0.3, 0.4) is 0 Å². The second-order valence-electron chi connectivity index (χ2n) is 4.21. The molecule has 1 aliphatic heterocycles. The van der Waals surface area contributed by atoms with Crippen molar-refractivity contribution in [1.82, 2.24) is 10.6 Å². The lowest BCUT2D eigenvalue weighted by Crippen LogP contribution is -2.36. The number of nitrogens with zero attached hydrogens (tertiary/aromatic N) is 1. The number of hydrogen-bond donors (Lipinski definition) is 2. The first-order valence-corrected chi connectivity index (χ1v) is 6.09. The van der Waals surface area contributed by atoms with Gasteiger partial charge in [-0.2, -0.15) is 0 Å². The SMILES string of the molecule is C1CCC(OCCNC2=NCCN2)CC1. The van der Waals surface area contributed by atoms with Gasteiger partial charge in [0.15, 0.2) is 5.96 Å². The fraction of sp³-hybridized carbons (Fsp3) is 0.909. The second-order valence-corrected chi connectivity index (χ2v) is 4.21. The van der Waals surface area contributed by atoms with Crippen LogP contribution >= 0.6 is 0 Å². The lowest BCUT2D eigenvalue weighted by atomic mass is 9.98. The summed E-state index contributed by atoms with van der Waals surface area (Å²) < 4.78 is 5.80. The van der Waals surface area contributed by atoms with Gasteiger partial charge in [0.2, 0.25) is 0 Å². The Kier molecular flexibility index (Phi) is 4.26. The fourth-order valence-corrected chi connectivity index (χ4v) is 2.14. The van der Waals surface area contributed by atoms with Crippen molar-refractivity contribution in [3.05, 3.63) is 0 Å². The summed E-state index contributed by atoms with van der Waals surface area (Å²) in [7, 11) is 0. The zero-order chi connectivity index (χ0) is 10.3. The molecule has 4 heteroatoms. The maximum absolute atomic E-state index is 5.80. The minimum absolute atomic E-state index is 0.513. The highest BCUT2D eigenvalue weighted by Gasteiger charge is 2.13. The van der Waals surface area contributed by atoms with E-state index in [-0.39, 0.29) is 0 Å². The molecule has 1 aliphatic carbocycles. The van der Waals surface area contributed by atoms with Crippen molar-refractivity contribution >= 4 is 5.96 Å². The summed E-state index contributed by atoms with van der Waals surface area (Å²) in [6, 6.07) is 0. The van der Waals surface area contributed by atoms with Gasteiger partial charge in [-0.1, -0.05) is 19.3 Å². The minimum atomic E-state index is 0.513. The quantitative estimate of drug-likeness (QED) is 0.679. The summed E-state index contributed by atoms with van der Waals surface area (Å²) in [6.07, 6.45) is 7.08. The van der Waals surface area contributed by atoms with Crippen molar-refractivity contribution in [3.63, 3.8) is 0 Å². The highest BCUT2D eigenvalue weighted by molar-refractivity contribution is 5.81. The van der Waals surface area contributed by atoms with E-state index >= 15 is 0 Å². The Morgan fingerprint density at radius 1 is 1.33 bits per heavy atom. The molecule has 0 aromatic carbocycles. The van der Waals surface area contributed by atoms with E-state index in [1.807, 2.05) is 0 Å². The van der Waals surface area contributed by atoms with Gasteiger partial charge < -0.3 is 15.4 Å². The van der Waals surface area contributed by atoms with Gasteiger partial charge in [0, 0.05) is 13.1 Å². The Bertz CT molecular complexity index is 212. The molecular weight excluding hydrogens is 190 g/mol. The van der Waals surface area contributed by atoms with Crippen LogP contribution in [0.25, 0.3) is 0 Å². The highest BCUT2D eigenvalue weighted by Crippen LogP contribution is 2.19. The molecule has 2 rings (SSSR count). The third kappa shape index (κ3) is 3.70. The zero-order valence-electron chi connectivity index (χ0n) is 9.30. The molecule has 2 N–H and O–H groups in total. The van der Waals surface area contributed by atoms with Crippen LogP contribution in [-0.4, -0.2) is 38.3 Å². The highest BCUT2D eigenvalue weighted by atomic mass is 16.5. The van der Waals surface area contributed by atoms with Crippen LogP contribution in [0.2, 0.25) is 0 Å². The van der Waals surface area contributed by atoms with Crippen LogP contribution in [-0.2, 0) is 4.74 Å². The molecule has 4 nitrogen and oxygen atoms in total. The van der Waals surface area contributed by atoms with Crippen LogP contribution in [0.4, 0.5) is 0 Å². The molecule has 0 atom stereocenters. The van der Waals surface area contributed by atoms with E-state index in [1.54, 1.807) is 0 Å². The summed E-state index contributed by atoms with van der Waals surface area (Å²) in [4.78, 5) is 4.26. The molecule has 1 heterocycles. The number of ether oxygens (including phenoxy) is 1. The van der Waals surface area contributed by atoms with Gasteiger partial charge in [-0.25, -0.2) is 0 Å². The summed E-state index contributed by atoms with van der Waals surface area (Å²) in [5.74, 6) is 0.933. The zero-order valence-corrected chi connectivity index (χ0v) is 9.30. The van der Waals surface area contributed by atoms with Crippen molar-refractivity contribution in [2.45, 2.75) is 38.2 Å².